The van der Waals surface area contributed by atoms with E-state index in [0.717, 1.165) is 37.1 Å². The molecule has 140 valence electrons. The van der Waals surface area contributed by atoms with E-state index in [1.54, 1.807) is 0 Å². The molecule has 5 heteroatoms. The summed E-state index contributed by atoms with van der Waals surface area (Å²) in [6.45, 7) is 1.51. The van der Waals surface area contributed by atoms with E-state index in [-0.39, 0.29) is 17.7 Å². The number of amides is 2. The average Bonchev–Trinajstić information content (AvgIpc) is 3.01. The van der Waals surface area contributed by atoms with Crippen LogP contribution in [0.2, 0.25) is 0 Å². The molecule has 0 aromatic heterocycles. The van der Waals surface area contributed by atoms with Gasteiger partial charge in [0, 0.05) is 37.2 Å². The van der Waals surface area contributed by atoms with Crippen molar-refractivity contribution in [3.05, 3.63) is 29.8 Å². The number of likely N-dealkylation sites (tertiary alicyclic amines) is 1. The van der Waals surface area contributed by atoms with Gasteiger partial charge >= 0.3 is 0 Å². The summed E-state index contributed by atoms with van der Waals surface area (Å²) in [6, 6.07) is 8.20. The zero-order valence-electron chi connectivity index (χ0n) is 15.3. The molecule has 1 aromatic carbocycles. The topological polar surface area (TPSA) is 75.4 Å². The SMILES string of the molecule is NC1C2CCCC1CC(C(=O)Nc1ccc(CN3CCCC3=O)cc1)C2. The van der Waals surface area contributed by atoms with Crippen LogP contribution in [-0.4, -0.2) is 29.3 Å². The minimum absolute atomic E-state index is 0.0898. The summed E-state index contributed by atoms with van der Waals surface area (Å²) < 4.78 is 0. The number of nitrogens with one attached hydrogen (secondary N) is 1. The van der Waals surface area contributed by atoms with Crippen LogP contribution in [-0.2, 0) is 16.1 Å². The average molecular weight is 355 g/mol. The molecule has 2 saturated carbocycles. The lowest BCUT2D eigenvalue weighted by atomic mass is 9.65. The van der Waals surface area contributed by atoms with Gasteiger partial charge in [0.1, 0.15) is 0 Å². The highest BCUT2D eigenvalue weighted by Gasteiger charge is 2.40. The van der Waals surface area contributed by atoms with Gasteiger partial charge in [-0.05, 0) is 61.6 Å². The molecule has 2 aliphatic carbocycles. The fourth-order valence-electron chi connectivity index (χ4n) is 5.03. The summed E-state index contributed by atoms with van der Waals surface area (Å²) in [5.41, 5.74) is 8.28. The van der Waals surface area contributed by atoms with E-state index in [0.29, 0.717) is 30.8 Å². The quantitative estimate of drug-likeness (QED) is 0.872. The highest BCUT2D eigenvalue weighted by molar-refractivity contribution is 5.92. The predicted octanol–water partition coefficient (Wildman–Crippen LogP) is 2.90. The van der Waals surface area contributed by atoms with Gasteiger partial charge in [0.25, 0.3) is 0 Å². The predicted molar refractivity (Wildman–Crippen MR) is 101 cm³/mol. The van der Waals surface area contributed by atoms with Crippen molar-refractivity contribution in [2.24, 2.45) is 23.5 Å². The normalized spacial score (nSPS) is 31.1. The van der Waals surface area contributed by atoms with E-state index >= 15 is 0 Å². The summed E-state index contributed by atoms with van der Waals surface area (Å²) in [6.07, 6.45) is 7.09. The van der Waals surface area contributed by atoms with Crippen LogP contribution in [0.5, 0.6) is 0 Å². The van der Waals surface area contributed by atoms with Gasteiger partial charge in [0.05, 0.1) is 0 Å². The van der Waals surface area contributed by atoms with E-state index in [1.807, 2.05) is 29.2 Å². The van der Waals surface area contributed by atoms with Crippen LogP contribution in [0.3, 0.4) is 0 Å². The molecular formula is C21H29N3O2. The van der Waals surface area contributed by atoms with Crippen molar-refractivity contribution in [3.8, 4) is 0 Å². The molecule has 4 rings (SSSR count). The lowest BCUT2D eigenvalue weighted by molar-refractivity contribution is -0.128. The summed E-state index contributed by atoms with van der Waals surface area (Å²) in [5.74, 6) is 1.49. The van der Waals surface area contributed by atoms with Crippen molar-refractivity contribution >= 4 is 17.5 Å². The van der Waals surface area contributed by atoms with Crippen LogP contribution in [0.4, 0.5) is 5.69 Å². The maximum absolute atomic E-state index is 12.7. The molecule has 1 aromatic rings. The number of carbonyl (C=O) groups excluding carboxylic acids is 2. The third-order valence-corrected chi connectivity index (χ3v) is 6.55. The highest BCUT2D eigenvalue weighted by Crippen LogP contribution is 2.42. The Hall–Kier alpha value is -1.88. The van der Waals surface area contributed by atoms with Gasteiger partial charge in [0.2, 0.25) is 11.8 Å². The number of fused-ring (bicyclic) bond motifs is 2. The number of nitrogens with two attached hydrogens (primary N) is 1. The lowest BCUT2D eigenvalue weighted by Gasteiger charge is -2.43. The van der Waals surface area contributed by atoms with Crippen molar-refractivity contribution in [1.82, 2.24) is 4.90 Å². The second-order valence-electron chi connectivity index (χ2n) is 8.30. The first-order valence-electron chi connectivity index (χ1n) is 10.0. The van der Waals surface area contributed by atoms with Crippen molar-refractivity contribution in [3.63, 3.8) is 0 Å². The molecular weight excluding hydrogens is 326 g/mol. The summed E-state index contributed by atoms with van der Waals surface area (Å²) >= 11 is 0. The van der Waals surface area contributed by atoms with Crippen molar-refractivity contribution < 1.29 is 9.59 Å². The van der Waals surface area contributed by atoms with Crippen LogP contribution < -0.4 is 11.1 Å². The monoisotopic (exact) mass is 355 g/mol. The lowest BCUT2D eigenvalue weighted by Crippen LogP contribution is -2.48. The van der Waals surface area contributed by atoms with Gasteiger partial charge in [0.15, 0.2) is 0 Å². The number of nitrogens with zero attached hydrogens (tertiary/aromatic N) is 1. The highest BCUT2D eigenvalue weighted by atomic mass is 16.2. The first-order valence-corrected chi connectivity index (χ1v) is 10.0. The first-order chi connectivity index (χ1) is 12.6. The molecule has 1 heterocycles. The molecule has 26 heavy (non-hydrogen) atoms. The molecule has 0 spiro atoms. The van der Waals surface area contributed by atoms with Crippen molar-refractivity contribution in [1.29, 1.82) is 0 Å². The summed E-state index contributed by atoms with van der Waals surface area (Å²) in [5, 5.41) is 3.09. The van der Waals surface area contributed by atoms with E-state index in [4.69, 9.17) is 5.73 Å². The fraction of sp³-hybridized carbons (Fsp3) is 0.619. The molecule has 2 unspecified atom stereocenters. The Labute approximate surface area is 155 Å². The van der Waals surface area contributed by atoms with E-state index in [2.05, 4.69) is 5.32 Å². The minimum atomic E-state index is 0.0898. The maximum atomic E-state index is 12.7. The Morgan fingerprint density at radius 2 is 1.81 bits per heavy atom. The second kappa shape index (κ2) is 7.39. The minimum Gasteiger partial charge on any atom is -0.338 e. The summed E-state index contributed by atoms with van der Waals surface area (Å²) in [4.78, 5) is 26.3. The van der Waals surface area contributed by atoms with Gasteiger partial charge in [-0.2, -0.15) is 0 Å². The largest absolute Gasteiger partial charge is 0.338 e. The molecule has 1 saturated heterocycles. The van der Waals surface area contributed by atoms with Gasteiger partial charge < -0.3 is 16.0 Å². The van der Waals surface area contributed by atoms with Crippen LogP contribution in [0.25, 0.3) is 0 Å². The van der Waals surface area contributed by atoms with Gasteiger partial charge in [-0.1, -0.05) is 18.6 Å². The number of carbonyl (C=O) groups is 2. The Balaban J connectivity index is 1.33. The molecule has 1 aliphatic heterocycles. The third-order valence-electron chi connectivity index (χ3n) is 6.55. The Morgan fingerprint density at radius 1 is 1.12 bits per heavy atom. The number of hydrogen-bond donors (Lipinski definition) is 2. The van der Waals surface area contributed by atoms with E-state index in [9.17, 15) is 9.59 Å². The van der Waals surface area contributed by atoms with Crippen molar-refractivity contribution in [2.75, 3.05) is 11.9 Å². The third kappa shape index (κ3) is 3.63. The zero-order chi connectivity index (χ0) is 18.1. The molecule has 3 fully saturated rings. The maximum Gasteiger partial charge on any atom is 0.227 e. The molecule has 5 nitrogen and oxygen atoms in total. The van der Waals surface area contributed by atoms with Crippen LogP contribution in [0.1, 0.15) is 50.5 Å². The molecule has 3 N–H and O–H groups in total. The smallest absolute Gasteiger partial charge is 0.227 e. The van der Waals surface area contributed by atoms with Crippen LogP contribution >= 0.6 is 0 Å². The van der Waals surface area contributed by atoms with Gasteiger partial charge in [-0.25, -0.2) is 0 Å². The van der Waals surface area contributed by atoms with Crippen LogP contribution in [0, 0.1) is 17.8 Å². The molecule has 0 radical (unpaired) electrons. The number of anilines is 1. The molecule has 2 atom stereocenters. The molecule has 3 aliphatic rings. The number of rotatable bonds is 4. The number of hydrogen-bond acceptors (Lipinski definition) is 3. The van der Waals surface area contributed by atoms with Crippen LogP contribution in [0.15, 0.2) is 24.3 Å². The van der Waals surface area contributed by atoms with Gasteiger partial charge in [-0.3, -0.25) is 9.59 Å². The Bertz CT molecular complexity index is 658. The molecule has 2 amide bonds. The Morgan fingerprint density at radius 3 is 2.42 bits per heavy atom. The molecule has 2 bridgehead atoms. The second-order valence-corrected chi connectivity index (χ2v) is 8.30. The zero-order valence-corrected chi connectivity index (χ0v) is 15.3. The van der Waals surface area contributed by atoms with Crippen molar-refractivity contribution in [2.45, 2.75) is 57.5 Å². The number of benzene rings is 1. The van der Waals surface area contributed by atoms with Gasteiger partial charge in [-0.15, -0.1) is 0 Å². The van der Waals surface area contributed by atoms with E-state index in [1.165, 1.54) is 19.3 Å². The first kappa shape index (κ1) is 17.5. The summed E-state index contributed by atoms with van der Waals surface area (Å²) in [7, 11) is 0. The Kier molecular flexibility index (Phi) is 4.98. The fourth-order valence-corrected chi connectivity index (χ4v) is 5.03. The van der Waals surface area contributed by atoms with E-state index < -0.39 is 0 Å². The standard InChI is InChI=1S/C21H29N3O2/c22-20-15-3-1-4-16(20)12-17(11-15)21(26)23-18-8-6-14(7-9-18)13-24-10-2-5-19(24)25/h6-9,15-17,20H,1-5,10-13,22H2,(H,23,26).